The van der Waals surface area contributed by atoms with E-state index in [-0.39, 0.29) is 6.03 Å². The standard InChI is InChI=1S/C18H29N3O2/c1-3-4-7-10-20-11-13-21(14-12-20)18(22)19-15-16-8-5-6-9-17(16)23-2/h5-6,8-9H,3-4,7,10-15H2,1-2H3,(H,19,22). The van der Waals surface area contributed by atoms with Gasteiger partial charge in [-0.2, -0.15) is 0 Å². The predicted octanol–water partition coefficient (Wildman–Crippen LogP) is 2.71. The second kappa shape index (κ2) is 9.40. The first-order valence-corrected chi connectivity index (χ1v) is 8.61. The molecule has 23 heavy (non-hydrogen) atoms. The molecule has 0 spiro atoms. The Bertz CT molecular complexity index is 485. The number of unbranched alkanes of at least 4 members (excludes halogenated alkanes) is 2. The molecule has 1 aliphatic heterocycles. The molecule has 1 fully saturated rings. The van der Waals surface area contributed by atoms with Gasteiger partial charge in [-0.25, -0.2) is 4.79 Å². The summed E-state index contributed by atoms with van der Waals surface area (Å²) in [4.78, 5) is 16.7. The number of amides is 2. The Labute approximate surface area is 139 Å². The maximum Gasteiger partial charge on any atom is 0.317 e. The van der Waals surface area contributed by atoms with Crippen molar-refractivity contribution in [2.45, 2.75) is 32.7 Å². The number of hydrogen-bond donors (Lipinski definition) is 1. The van der Waals surface area contributed by atoms with Crippen LogP contribution < -0.4 is 10.1 Å². The third-order valence-corrected chi connectivity index (χ3v) is 4.36. The van der Waals surface area contributed by atoms with Gasteiger partial charge in [0.25, 0.3) is 0 Å². The third-order valence-electron chi connectivity index (χ3n) is 4.36. The highest BCUT2D eigenvalue weighted by Crippen LogP contribution is 2.16. The molecule has 1 heterocycles. The molecule has 0 unspecified atom stereocenters. The molecule has 5 heteroatoms. The minimum absolute atomic E-state index is 0.0177. The fourth-order valence-corrected chi connectivity index (χ4v) is 2.89. The van der Waals surface area contributed by atoms with Gasteiger partial charge in [-0.05, 0) is 19.0 Å². The minimum Gasteiger partial charge on any atom is -0.496 e. The molecular formula is C18H29N3O2. The molecule has 1 aromatic carbocycles. The molecule has 1 aliphatic rings. The van der Waals surface area contributed by atoms with Crippen LogP contribution in [0.15, 0.2) is 24.3 Å². The SMILES string of the molecule is CCCCCN1CCN(C(=O)NCc2ccccc2OC)CC1. The van der Waals surface area contributed by atoms with Crippen LogP contribution in [0.4, 0.5) is 4.79 Å². The second-order valence-electron chi connectivity index (χ2n) is 6.01. The van der Waals surface area contributed by atoms with E-state index in [0.29, 0.717) is 6.54 Å². The van der Waals surface area contributed by atoms with E-state index in [1.807, 2.05) is 29.2 Å². The number of urea groups is 1. The van der Waals surface area contributed by atoms with Gasteiger partial charge in [-0.1, -0.05) is 38.0 Å². The molecule has 2 rings (SSSR count). The third kappa shape index (κ3) is 5.43. The Morgan fingerprint density at radius 3 is 2.61 bits per heavy atom. The number of carbonyl (C=O) groups is 1. The summed E-state index contributed by atoms with van der Waals surface area (Å²) < 4.78 is 5.31. The van der Waals surface area contributed by atoms with Gasteiger partial charge in [0, 0.05) is 38.3 Å². The molecule has 0 atom stereocenters. The normalized spacial score (nSPS) is 15.5. The monoisotopic (exact) mass is 319 g/mol. The summed E-state index contributed by atoms with van der Waals surface area (Å²) in [7, 11) is 1.65. The largest absolute Gasteiger partial charge is 0.496 e. The van der Waals surface area contributed by atoms with Crippen LogP contribution in [-0.2, 0) is 6.54 Å². The van der Waals surface area contributed by atoms with E-state index in [4.69, 9.17) is 4.74 Å². The molecular weight excluding hydrogens is 290 g/mol. The van der Waals surface area contributed by atoms with Gasteiger partial charge in [0.15, 0.2) is 0 Å². The number of nitrogens with one attached hydrogen (secondary N) is 1. The fraction of sp³-hybridized carbons (Fsp3) is 0.611. The van der Waals surface area contributed by atoms with Gasteiger partial charge in [0.05, 0.1) is 7.11 Å². The molecule has 0 radical (unpaired) electrons. The van der Waals surface area contributed by atoms with Gasteiger partial charge < -0.3 is 15.0 Å². The first-order valence-electron chi connectivity index (χ1n) is 8.61. The molecule has 0 aliphatic carbocycles. The van der Waals surface area contributed by atoms with Gasteiger partial charge in [0.1, 0.15) is 5.75 Å². The van der Waals surface area contributed by atoms with Crippen molar-refractivity contribution < 1.29 is 9.53 Å². The Morgan fingerprint density at radius 1 is 1.17 bits per heavy atom. The lowest BCUT2D eigenvalue weighted by molar-refractivity contribution is 0.138. The van der Waals surface area contributed by atoms with Gasteiger partial charge in [-0.15, -0.1) is 0 Å². The average molecular weight is 319 g/mol. The summed E-state index contributed by atoms with van der Waals surface area (Å²) in [6.07, 6.45) is 3.81. The first kappa shape index (κ1) is 17.6. The van der Waals surface area contributed by atoms with Crippen molar-refractivity contribution in [3.8, 4) is 5.75 Å². The molecule has 0 aromatic heterocycles. The summed E-state index contributed by atoms with van der Waals surface area (Å²) in [5, 5.41) is 3.00. The van der Waals surface area contributed by atoms with Crippen molar-refractivity contribution in [2.75, 3.05) is 39.8 Å². The van der Waals surface area contributed by atoms with E-state index >= 15 is 0 Å². The fourth-order valence-electron chi connectivity index (χ4n) is 2.89. The number of ether oxygens (including phenoxy) is 1. The van der Waals surface area contributed by atoms with Crippen LogP contribution in [0.1, 0.15) is 31.7 Å². The zero-order valence-electron chi connectivity index (χ0n) is 14.4. The van der Waals surface area contributed by atoms with E-state index in [2.05, 4.69) is 17.1 Å². The van der Waals surface area contributed by atoms with Crippen LogP contribution in [-0.4, -0.2) is 55.7 Å². The second-order valence-corrected chi connectivity index (χ2v) is 6.01. The summed E-state index contributed by atoms with van der Waals surface area (Å²) in [5.74, 6) is 0.813. The number of hydrogen-bond acceptors (Lipinski definition) is 3. The van der Waals surface area contributed by atoms with E-state index in [0.717, 1.165) is 44.0 Å². The number of benzene rings is 1. The zero-order chi connectivity index (χ0) is 16.5. The number of carbonyl (C=O) groups excluding carboxylic acids is 1. The number of piperazine rings is 1. The van der Waals surface area contributed by atoms with Gasteiger partial charge in [0.2, 0.25) is 0 Å². The molecule has 0 saturated carbocycles. The molecule has 0 bridgehead atoms. The molecule has 1 aromatic rings. The molecule has 5 nitrogen and oxygen atoms in total. The number of methoxy groups -OCH3 is 1. The first-order chi connectivity index (χ1) is 11.2. The Morgan fingerprint density at radius 2 is 1.91 bits per heavy atom. The molecule has 1 saturated heterocycles. The molecule has 128 valence electrons. The summed E-state index contributed by atoms with van der Waals surface area (Å²) in [6, 6.07) is 7.80. The van der Waals surface area contributed by atoms with Crippen LogP contribution in [0.2, 0.25) is 0 Å². The average Bonchev–Trinajstić information content (AvgIpc) is 2.60. The summed E-state index contributed by atoms with van der Waals surface area (Å²) in [6.45, 7) is 7.46. The van der Waals surface area contributed by atoms with Gasteiger partial charge >= 0.3 is 6.03 Å². The highest BCUT2D eigenvalue weighted by atomic mass is 16.5. The Balaban J connectivity index is 1.73. The van der Waals surface area contributed by atoms with Crippen molar-refractivity contribution in [3.05, 3.63) is 29.8 Å². The van der Waals surface area contributed by atoms with Crippen molar-refractivity contribution in [3.63, 3.8) is 0 Å². The van der Waals surface area contributed by atoms with Crippen LogP contribution in [0.25, 0.3) is 0 Å². The molecule has 1 N–H and O–H groups in total. The Kier molecular flexibility index (Phi) is 7.20. The summed E-state index contributed by atoms with van der Waals surface area (Å²) in [5.41, 5.74) is 1.00. The molecule has 2 amide bonds. The maximum absolute atomic E-state index is 12.3. The lowest BCUT2D eigenvalue weighted by Crippen LogP contribution is -2.51. The highest BCUT2D eigenvalue weighted by Gasteiger charge is 2.20. The lowest BCUT2D eigenvalue weighted by atomic mass is 10.2. The maximum atomic E-state index is 12.3. The minimum atomic E-state index is 0.0177. The number of rotatable bonds is 7. The lowest BCUT2D eigenvalue weighted by Gasteiger charge is -2.34. The quantitative estimate of drug-likeness (QED) is 0.786. The smallest absolute Gasteiger partial charge is 0.317 e. The Hall–Kier alpha value is -1.75. The van der Waals surface area contributed by atoms with Crippen molar-refractivity contribution in [1.29, 1.82) is 0 Å². The van der Waals surface area contributed by atoms with Crippen molar-refractivity contribution in [2.24, 2.45) is 0 Å². The van der Waals surface area contributed by atoms with E-state index in [9.17, 15) is 4.79 Å². The predicted molar refractivity (Wildman–Crippen MR) is 92.8 cm³/mol. The van der Waals surface area contributed by atoms with Crippen LogP contribution >= 0.6 is 0 Å². The highest BCUT2D eigenvalue weighted by molar-refractivity contribution is 5.74. The van der Waals surface area contributed by atoms with E-state index < -0.39 is 0 Å². The topological polar surface area (TPSA) is 44.8 Å². The number of para-hydroxylation sites is 1. The van der Waals surface area contributed by atoms with E-state index in [1.54, 1.807) is 7.11 Å². The zero-order valence-corrected chi connectivity index (χ0v) is 14.4. The van der Waals surface area contributed by atoms with Crippen LogP contribution in [0.5, 0.6) is 5.75 Å². The van der Waals surface area contributed by atoms with E-state index in [1.165, 1.54) is 19.3 Å². The van der Waals surface area contributed by atoms with Crippen LogP contribution in [0, 0.1) is 0 Å². The van der Waals surface area contributed by atoms with Gasteiger partial charge in [-0.3, -0.25) is 4.90 Å². The van der Waals surface area contributed by atoms with Crippen molar-refractivity contribution in [1.82, 2.24) is 15.1 Å². The summed E-state index contributed by atoms with van der Waals surface area (Å²) >= 11 is 0. The number of nitrogens with zero attached hydrogens (tertiary/aromatic N) is 2. The van der Waals surface area contributed by atoms with Crippen molar-refractivity contribution >= 4 is 6.03 Å². The van der Waals surface area contributed by atoms with Crippen LogP contribution in [0.3, 0.4) is 0 Å².